The van der Waals surface area contributed by atoms with E-state index < -0.39 is 0 Å². The molecule has 14 heavy (non-hydrogen) atoms. The summed E-state index contributed by atoms with van der Waals surface area (Å²) in [7, 11) is 0. The number of piperidine rings is 1. The van der Waals surface area contributed by atoms with Gasteiger partial charge in [-0.2, -0.15) is 0 Å². The van der Waals surface area contributed by atoms with E-state index in [0.717, 1.165) is 25.8 Å². The number of amides is 1. The van der Waals surface area contributed by atoms with Crippen molar-refractivity contribution in [2.24, 2.45) is 0 Å². The van der Waals surface area contributed by atoms with Gasteiger partial charge in [0, 0.05) is 5.03 Å². The molecule has 1 heterocycles. The minimum absolute atomic E-state index is 0. The zero-order chi connectivity index (χ0) is 9.68. The van der Waals surface area contributed by atoms with Crippen molar-refractivity contribution >= 4 is 29.9 Å². The molecule has 1 rings (SSSR count). The van der Waals surface area contributed by atoms with Gasteiger partial charge in [0.1, 0.15) is 0 Å². The van der Waals surface area contributed by atoms with E-state index in [1.54, 1.807) is 0 Å². The monoisotopic (exact) mass is 238 g/mol. The van der Waals surface area contributed by atoms with Crippen LogP contribution in [0.5, 0.6) is 0 Å². The molecule has 1 aliphatic rings. The van der Waals surface area contributed by atoms with Crippen LogP contribution in [0, 0.1) is 0 Å². The molecule has 0 aliphatic carbocycles. The van der Waals surface area contributed by atoms with Crippen LogP contribution in [0.3, 0.4) is 0 Å². The highest BCUT2D eigenvalue weighted by Crippen LogP contribution is 2.06. The lowest BCUT2D eigenvalue weighted by Gasteiger charge is -2.22. The van der Waals surface area contributed by atoms with Gasteiger partial charge in [-0.1, -0.05) is 24.6 Å². The van der Waals surface area contributed by atoms with E-state index in [1.807, 2.05) is 0 Å². The van der Waals surface area contributed by atoms with Gasteiger partial charge in [-0.05, 0) is 19.4 Å². The van der Waals surface area contributed by atoms with Crippen molar-refractivity contribution in [3.8, 4) is 0 Å². The first-order valence-corrected chi connectivity index (χ1v) is 4.92. The van der Waals surface area contributed by atoms with Crippen molar-refractivity contribution in [1.29, 1.82) is 0 Å². The second-order valence-electron chi connectivity index (χ2n) is 3.24. The van der Waals surface area contributed by atoms with Crippen LogP contribution in [-0.2, 0) is 4.79 Å². The molecule has 0 unspecified atom stereocenters. The maximum Gasteiger partial charge on any atom is 0.237 e. The van der Waals surface area contributed by atoms with Crippen molar-refractivity contribution in [3.05, 3.63) is 11.6 Å². The molecule has 1 fully saturated rings. The fourth-order valence-corrected chi connectivity index (χ4v) is 1.45. The number of hydrogen-bond donors (Lipinski definition) is 2. The average molecular weight is 239 g/mol. The summed E-state index contributed by atoms with van der Waals surface area (Å²) in [5, 5.41) is 6.34. The highest BCUT2D eigenvalue weighted by atomic mass is 35.5. The Morgan fingerprint density at radius 3 is 2.79 bits per heavy atom. The fraction of sp³-hybridized carbons (Fsp3) is 0.667. The molecular formula is C9H16Cl2N2O. The second-order valence-corrected chi connectivity index (χ2v) is 3.77. The first kappa shape index (κ1) is 13.8. The van der Waals surface area contributed by atoms with E-state index in [1.165, 1.54) is 0 Å². The van der Waals surface area contributed by atoms with Crippen LogP contribution >= 0.6 is 24.0 Å². The highest BCUT2D eigenvalue weighted by molar-refractivity contribution is 6.29. The number of nitrogens with one attached hydrogen (secondary N) is 2. The lowest BCUT2D eigenvalue weighted by molar-refractivity contribution is -0.123. The number of hydrogen-bond acceptors (Lipinski definition) is 2. The van der Waals surface area contributed by atoms with Crippen molar-refractivity contribution < 1.29 is 4.79 Å². The van der Waals surface area contributed by atoms with Crippen LogP contribution in [0.25, 0.3) is 0 Å². The van der Waals surface area contributed by atoms with E-state index in [0.29, 0.717) is 11.6 Å². The molecule has 0 radical (unpaired) electrons. The third kappa shape index (κ3) is 4.84. The molecule has 0 aromatic heterocycles. The molecule has 3 nitrogen and oxygen atoms in total. The maximum atomic E-state index is 11.4. The van der Waals surface area contributed by atoms with E-state index in [9.17, 15) is 4.79 Å². The van der Waals surface area contributed by atoms with Crippen molar-refractivity contribution in [1.82, 2.24) is 10.6 Å². The Hall–Kier alpha value is -0.250. The van der Waals surface area contributed by atoms with Crippen LogP contribution in [-0.4, -0.2) is 25.0 Å². The van der Waals surface area contributed by atoms with E-state index >= 15 is 0 Å². The van der Waals surface area contributed by atoms with Crippen LogP contribution in [0.2, 0.25) is 0 Å². The summed E-state index contributed by atoms with van der Waals surface area (Å²) in [6, 6.07) is -0.0373. The van der Waals surface area contributed by atoms with Gasteiger partial charge in [0.05, 0.1) is 12.6 Å². The van der Waals surface area contributed by atoms with Gasteiger partial charge in [0.15, 0.2) is 0 Å². The predicted molar refractivity (Wildman–Crippen MR) is 60.9 cm³/mol. The lowest BCUT2D eigenvalue weighted by atomic mass is 10.0. The van der Waals surface area contributed by atoms with E-state index in [4.69, 9.17) is 11.6 Å². The first-order valence-electron chi connectivity index (χ1n) is 4.54. The Morgan fingerprint density at radius 1 is 1.57 bits per heavy atom. The third-order valence-corrected chi connectivity index (χ3v) is 2.21. The van der Waals surface area contributed by atoms with Gasteiger partial charge in [-0.3, -0.25) is 4.79 Å². The molecule has 2 N–H and O–H groups in total. The van der Waals surface area contributed by atoms with Gasteiger partial charge in [-0.15, -0.1) is 12.4 Å². The van der Waals surface area contributed by atoms with Gasteiger partial charge >= 0.3 is 0 Å². The Bertz CT molecular complexity index is 203. The molecule has 0 bridgehead atoms. The van der Waals surface area contributed by atoms with Crippen molar-refractivity contribution in [2.75, 3.05) is 13.1 Å². The minimum Gasteiger partial charge on any atom is -0.350 e. The highest BCUT2D eigenvalue weighted by Gasteiger charge is 2.19. The number of rotatable bonds is 3. The average Bonchev–Trinajstić information content (AvgIpc) is 2.15. The molecule has 1 aliphatic heterocycles. The summed E-state index contributed by atoms with van der Waals surface area (Å²) in [6.45, 7) is 4.79. The SMILES string of the molecule is C=C(Cl)CNC(=O)[C@H]1CCCCN1.Cl. The van der Waals surface area contributed by atoms with Gasteiger partial charge in [0.25, 0.3) is 0 Å². The second kappa shape index (κ2) is 7.10. The van der Waals surface area contributed by atoms with Gasteiger partial charge < -0.3 is 10.6 Å². The van der Waals surface area contributed by atoms with E-state index in [2.05, 4.69) is 17.2 Å². The molecule has 1 saturated heterocycles. The van der Waals surface area contributed by atoms with Crippen LogP contribution in [0.15, 0.2) is 11.6 Å². The van der Waals surface area contributed by atoms with Crippen molar-refractivity contribution in [2.45, 2.75) is 25.3 Å². The standard InChI is InChI=1S/C9H15ClN2O.ClH/c1-7(10)6-12-9(13)8-4-2-3-5-11-8;/h8,11H,1-6H2,(H,12,13);1H/t8-;/m1./s1. The van der Waals surface area contributed by atoms with Crippen LogP contribution in [0.4, 0.5) is 0 Å². The normalized spacial score (nSPS) is 20.8. The summed E-state index contributed by atoms with van der Waals surface area (Å²) in [4.78, 5) is 11.4. The Morgan fingerprint density at radius 2 is 2.29 bits per heavy atom. The van der Waals surface area contributed by atoms with Gasteiger partial charge in [-0.25, -0.2) is 0 Å². The third-order valence-electron chi connectivity index (χ3n) is 2.08. The van der Waals surface area contributed by atoms with Crippen LogP contribution < -0.4 is 10.6 Å². The zero-order valence-corrected chi connectivity index (χ0v) is 9.59. The number of halogens is 2. The number of carbonyl (C=O) groups is 1. The zero-order valence-electron chi connectivity index (χ0n) is 8.01. The predicted octanol–water partition coefficient (Wildman–Crippen LogP) is 1.42. The molecule has 5 heteroatoms. The fourth-order valence-electron chi connectivity index (χ4n) is 1.38. The van der Waals surface area contributed by atoms with E-state index in [-0.39, 0.29) is 24.4 Å². The largest absolute Gasteiger partial charge is 0.350 e. The molecule has 82 valence electrons. The Balaban J connectivity index is 0.00000169. The minimum atomic E-state index is -0.0373. The Labute approximate surface area is 95.7 Å². The summed E-state index contributed by atoms with van der Waals surface area (Å²) in [6.07, 6.45) is 3.19. The summed E-state index contributed by atoms with van der Waals surface area (Å²) < 4.78 is 0. The topological polar surface area (TPSA) is 41.1 Å². The summed E-state index contributed by atoms with van der Waals surface area (Å²) in [5.74, 6) is 0.0292. The molecule has 1 amide bonds. The summed E-state index contributed by atoms with van der Waals surface area (Å²) >= 11 is 5.53. The van der Waals surface area contributed by atoms with Crippen molar-refractivity contribution in [3.63, 3.8) is 0 Å². The lowest BCUT2D eigenvalue weighted by Crippen LogP contribution is -2.46. The molecule has 0 aromatic carbocycles. The molecule has 0 spiro atoms. The Kier molecular flexibility index (Phi) is 6.97. The maximum absolute atomic E-state index is 11.4. The quantitative estimate of drug-likeness (QED) is 0.782. The smallest absolute Gasteiger partial charge is 0.237 e. The first-order chi connectivity index (χ1) is 6.20. The van der Waals surface area contributed by atoms with Gasteiger partial charge in [0.2, 0.25) is 5.91 Å². The number of carbonyl (C=O) groups excluding carboxylic acids is 1. The molecular weight excluding hydrogens is 223 g/mol. The van der Waals surface area contributed by atoms with Crippen LogP contribution in [0.1, 0.15) is 19.3 Å². The molecule has 0 aromatic rings. The molecule has 1 atom stereocenters. The molecule has 0 saturated carbocycles. The summed E-state index contributed by atoms with van der Waals surface area (Å²) in [5.41, 5.74) is 0.